The molecule has 1 unspecified atom stereocenters. The van der Waals surface area contributed by atoms with Crippen LogP contribution in [0.15, 0.2) is 48.1 Å². The Labute approximate surface area is 139 Å². The molecule has 118 valence electrons. The van der Waals surface area contributed by atoms with Crippen LogP contribution < -0.4 is 5.32 Å². The molecule has 0 fully saturated rings. The number of hydrogen-bond acceptors (Lipinski definition) is 4. The van der Waals surface area contributed by atoms with Crippen LogP contribution in [0.5, 0.6) is 0 Å². The Morgan fingerprint density at radius 2 is 2.13 bits per heavy atom. The molecule has 0 aromatic carbocycles. The third-order valence-corrected chi connectivity index (χ3v) is 4.60. The molecule has 3 heterocycles. The quantitative estimate of drug-likeness (QED) is 0.781. The number of amides is 1. The molecule has 3 aromatic rings. The van der Waals surface area contributed by atoms with Gasteiger partial charge in [0, 0.05) is 19.4 Å². The highest BCUT2D eigenvalue weighted by molar-refractivity contribution is 7.13. The predicted octanol–water partition coefficient (Wildman–Crippen LogP) is 3.42. The number of aromatic nitrogens is 3. The van der Waals surface area contributed by atoms with E-state index in [4.69, 9.17) is 0 Å². The van der Waals surface area contributed by atoms with Gasteiger partial charge in [0.1, 0.15) is 0 Å². The fraction of sp³-hybridized carbons (Fsp3) is 0.235. The van der Waals surface area contributed by atoms with Gasteiger partial charge in [-0.2, -0.15) is 5.10 Å². The molecule has 5 nitrogen and oxygen atoms in total. The monoisotopic (exact) mass is 326 g/mol. The standard InChI is InChI=1S/C17H18N4OS/c1-3-13(12-6-8-18-9-7-12)19-17(22)14-11-15(21(2)20-14)16-5-4-10-23-16/h4-11,13H,3H2,1-2H3,(H,19,22). The predicted molar refractivity (Wildman–Crippen MR) is 91.3 cm³/mol. The van der Waals surface area contributed by atoms with Crippen molar-refractivity contribution in [3.8, 4) is 10.6 Å². The number of carbonyl (C=O) groups is 1. The third kappa shape index (κ3) is 3.32. The van der Waals surface area contributed by atoms with Gasteiger partial charge in [-0.3, -0.25) is 14.5 Å². The molecule has 0 aliphatic carbocycles. The van der Waals surface area contributed by atoms with Gasteiger partial charge in [-0.05, 0) is 41.6 Å². The van der Waals surface area contributed by atoms with Gasteiger partial charge in [-0.1, -0.05) is 13.0 Å². The number of pyridine rings is 1. The second-order valence-corrected chi connectivity index (χ2v) is 6.18. The second-order valence-electron chi connectivity index (χ2n) is 5.23. The Hall–Kier alpha value is -2.47. The maximum Gasteiger partial charge on any atom is 0.272 e. The first-order valence-corrected chi connectivity index (χ1v) is 8.35. The first-order chi connectivity index (χ1) is 11.2. The Bertz CT molecular complexity index is 780. The average Bonchev–Trinajstić information content (AvgIpc) is 3.22. The second kappa shape index (κ2) is 6.75. The van der Waals surface area contributed by atoms with Crippen molar-refractivity contribution in [2.24, 2.45) is 7.05 Å². The van der Waals surface area contributed by atoms with Gasteiger partial charge in [-0.15, -0.1) is 11.3 Å². The number of thiophene rings is 1. The molecule has 1 atom stereocenters. The largest absolute Gasteiger partial charge is 0.344 e. The molecule has 6 heteroatoms. The lowest BCUT2D eigenvalue weighted by atomic mass is 10.1. The lowest BCUT2D eigenvalue weighted by Gasteiger charge is -2.16. The summed E-state index contributed by atoms with van der Waals surface area (Å²) in [5.74, 6) is -0.160. The van der Waals surface area contributed by atoms with E-state index >= 15 is 0 Å². The minimum absolute atomic E-state index is 0.0438. The van der Waals surface area contributed by atoms with Crippen LogP contribution in [0.4, 0.5) is 0 Å². The van der Waals surface area contributed by atoms with Crippen molar-refractivity contribution in [3.63, 3.8) is 0 Å². The summed E-state index contributed by atoms with van der Waals surface area (Å²) < 4.78 is 1.74. The number of aryl methyl sites for hydroxylation is 1. The number of rotatable bonds is 5. The van der Waals surface area contributed by atoms with E-state index in [1.54, 1.807) is 28.4 Å². The highest BCUT2D eigenvalue weighted by Gasteiger charge is 2.18. The van der Waals surface area contributed by atoms with Crippen molar-refractivity contribution in [1.29, 1.82) is 0 Å². The average molecular weight is 326 g/mol. The summed E-state index contributed by atoms with van der Waals surface area (Å²) >= 11 is 1.63. The van der Waals surface area contributed by atoms with Crippen molar-refractivity contribution >= 4 is 17.2 Å². The zero-order chi connectivity index (χ0) is 16.2. The number of nitrogens with zero attached hydrogens (tertiary/aromatic N) is 3. The normalized spacial score (nSPS) is 12.1. The van der Waals surface area contributed by atoms with Gasteiger partial charge in [0.2, 0.25) is 0 Å². The van der Waals surface area contributed by atoms with E-state index in [0.29, 0.717) is 5.69 Å². The summed E-state index contributed by atoms with van der Waals surface area (Å²) in [4.78, 5) is 17.6. The fourth-order valence-electron chi connectivity index (χ4n) is 2.48. The zero-order valence-electron chi connectivity index (χ0n) is 13.1. The summed E-state index contributed by atoms with van der Waals surface area (Å²) in [6.45, 7) is 2.04. The van der Waals surface area contributed by atoms with Gasteiger partial charge >= 0.3 is 0 Å². The van der Waals surface area contributed by atoms with Gasteiger partial charge < -0.3 is 5.32 Å². The van der Waals surface area contributed by atoms with Crippen LogP contribution in [-0.2, 0) is 7.05 Å². The van der Waals surface area contributed by atoms with E-state index in [-0.39, 0.29) is 11.9 Å². The van der Waals surface area contributed by atoms with Crippen LogP contribution in [0.25, 0.3) is 10.6 Å². The SMILES string of the molecule is CCC(NC(=O)c1cc(-c2cccs2)n(C)n1)c1ccncc1. The minimum atomic E-state index is -0.160. The van der Waals surface area contributed by atoms with E-state index in [1.807, 2.05) is 49.7 Å². The van der Waals surface area contributed by atoms with Crippen molar-refractivity contribution in [2.45, 2.75) is 19.4 Å². The molecule has 3 aromatic heterocycles. The maximum atomic E-state index is 12.5. The maximum absolute atomic E-state index is 12.5. The summed E-state index contributed by atoms with van der Waals surface area (Å²) in [6, 6.07) is 9.64. The third-order valence-electron chi connectivity index (χ3n) is 3.71. The molecule has 0 radical (unpaired) electrons. The molecule has 1 amide bonds. The molecule has 3 rings (SSSR count). The van der Waals surface area contributed by atoms with Crippen molar-refractivity contribution in [2.75, 3.05) is 0 Å². The molecule has 1 N–H and O–H groups in total. The molecule has 0 bridgehead atoms. The number of nitrogens with one attached hydrogen (secondary N) is 1. The molecule has 0 saturated heterocycles. The fourth-order valence-corrected chi connectivity index (χ4v) is 3.25. The summed E-state index contributed by atoms with van der Waals surface area (Å²) in [5.41, 5.74) is 2.43. The number of hydrogen-bond donors (Lipinski definition) is 1. The molecular weight excluding hydrogens is 308 g/mol. The van der Waals surface area contributed by atoms with Crippen LogP contribution >= 0.6 is 11.3 Å². The van der Waals surface area contributed by atoms with E-state index in [2.05, 4.69) is 15.4 Å². The lowest BCUT2D eigenvalue weighted by Crippen LogP contribution is -2.28. The Morgan fingerprint density at radius 1 is 1.35 bits per heavy atom. The van der Waals surface area contributed by atoms with E-state index < -0.39 is 0 Å². The molecular formula is C17H18N4OS. The zero-order valence-corrected chi connectivity index (χ0v) is 13.9. The Balaban J connectivity index is 1.79. The molecule has 0 aliphatic rings. The number of carbonyl (C=O) groups excluding carboxylic acids is 1. The molecule has 0 saturated carbocycles. The summed E-state index contributed by atoms with van der Waals surface area (Å²) in [6.07, 6.45) is 4.28. The van der Waals surface area contributed by atoms with Gasteiger partial charge in [-0.25, -0.2) is 0 Å². The van der Waals surface area contributed by atoms with Crippen molar-refractivity contribution in [1.82, 2.24) is 20.1 Å². The van der Waals surface area contributed by atoms with Crippen LogP contribution in [-0.4, -0.2) is 20.7 Å². The summed E-state index contributed by atoms with van der Waals surface area (Å²) in [7, 11) is 1.85. The highest BCUT2D eigenvalue weighted by atomic mass is 32.1. The van der Waals surface area contributed by atoms with Crippen LogP contribution in [0.2, 0.25) is 0 Å². The smallest absolute Gasteiger partial charge is 0.272 e. The van der Waals surface area contributed by atoms with E-state index in [0.717, 1.165) is 22.6 Å². The van der Waals surface area contributed by atoms with Gasteiger partial charge in [0.25, 0.3) is 5.91 Å². The molecule has 0 aliphatic heterocycles. The summed E-state index contributed by atoms with van der Waals surface area (Å²) in [5, 5.41) is 9.40. The van der Waals surface area contributed by atoms with Crippen molar-refractivity contribution in [3.05, 3.63) is 59.4 Å². The van der Waals surface area contributed by atoms with E-state index in [9.17, 15) is 4.79 Å². The molecule has 23 heavy (non-hydrogen) atoms. The Kier molecular flexibility index (Phi) is 4.52. The topological polar surface area (TPSA) is 59.8 Å². The van der Waals surface area contributed by atoms with Gasteiger partial charge in [0.15, 0.2) is 5.69 Å². The van der Waals surface area contributed by atoms with Crippen molar-refractivity contribution < 1.29 is 4.79 Å². The van der Waals surface area contributed by atoms with Crippen LogP contribution in [0, 0.1) is 0 Å². The first-order valence-electron chi connectivity index (χ1n) is 7.47. The highest BCUT2D eigenvalue weighted by Crippen LogP contribution is 2.25. The van der Waals surface area contributed by atoms with E-state index in [1.165, 1.54) is 0 Å². The van der Waals surface area contributed by atoms with Gasteiger partial charge in [0.05, 0.1) is 16.6 Å². The lowest BCUT2D eigenvalue weighted by molar-refractivity contribution is 0.0929. The van der Waals surface area contributed by atoms with Crippen LogP contribution in [0.1, 0.15) is 35.4 Å². The minimum Gasteiger partial charge on any atom is -0.344 e. The first kappa shape index (κ1) is 15.4. The van der Waals surface area contributed by atoms with Crippen LogP contribution in [0.3, 0.4) is 0 Å². The Morgan fingerprint density at radius 3 is 2.78 bits per heavy atom. The molecule has 0 spiro atoms.